The summed E-state index contributed by atoms with van der Waals surface area (Å²) in [7, 11) is 1.97. The highest BCUT2D eigenvalue weighted by atomic mass is 35.5. The Bertz CT molecular complexity index is 783. The van der Waals surface area contributed by atoms with E-state index in [2.05, 4.69) is 10.2 Å². The van der Waals surface area contributed by atoms with E-state index in [0.717, 1.165) is 22.2 Å². The highest BCUT2D eigenvalue weighted by Gasteiger charge is 2.11. The Morgan fingerprint density at radius 1 is 1.19 bits per heavy atom. The number of nitrogens with zero attached hydrogens (tertiary/aromatic N) is 3. The zero-order valence-corrected chi connectivity index (χ0v) is 12.4. The van der Waals surface area contributed by atoms with Crippen molar-refractivity contribution in [3.05, 3.63) is 59.2 Å². The Labute approximate surface area is 128 Å². The number of nitrogen functional groups attached to an aromatic ring is 1. The van der Waals surface area contributed by atoms with Crippen LogP contribution < -0.4 is 10.6 Å². The molecule has 0 spiro atoms. The van der Waals surface area contributed by atoms with E-state index in [0.29, 0.717) is 17.3 Å². The van der Waals surface area contributed by atoms with Gasteiger partial charge >= 0.3 is 0 Å². The zero-order valence-electron chi connectivity index (χ0n) is 11.6. The maximum Gasteiger partial charge on any atom is 0.159 e. The van der Waals surface area contributed by atoms with Crippen molar-refractivity contribution in [1.82, 2.24) is 10.2 Å². The largest absolute Gasteiger partial charge is 0.399 e. The molecular weight excluding hydrogens is 284 g/mol. The van der Waals surface area contributed by atoms with Crippen molar-refractivity contribution >= 4 is 33.9 Å². The molecule has 21 heavy (non-hydrogen) atoms. The van der Waals surface area contributed by atoms with Crippen molar-refractivity contribution < 1.29 is 0 Å². The van der Waals surface area contributed by atoms with Crippen LogP contribution in [0.3, 0.4) is 0 Å². The van der Waals surface area contributed by atoms with Crippen LogP contribution in [0.2, 0.25) is 5.02 Å². The van der Waals surface area contributed by atoms with Crippen LogP contribution in [0.25, 0.3) is 10.8 Å². The minimum Gasteiger partial charge on any atom is -0.399 e. The highest BCUT2D eigenvalue weighted by molar-refractivity contribution is 6.31. The molecule has 0 aliphatic carbocycles. The van der Waals surface area contributed by atoms with Crippen LogP contribution in [0.1, 0.15) is 5.56 Å². The van der Waals surface area contributed by atoms with Gasteiger partial charge in [0.05, 0.1) is 6.20 Å². The van der Waals surface area contributed by atoms with Gasteiger partial charge in [-0.25, -0.2) is 0 Å². The molecule has 0 unspecified atom stereocenters. The maximum absolute atomic E-state index is 6.23. The molecule has 2 N–H and O–H groups in total. The van der Waals surface area contributed by atoms with Crippen LogP contribution in [-0.2, 0) is 6.54 Å². The molecule has 5 heteroatoms. The molecule has 106 valence electrons. The van der Waals surface area contributed by atoms with Gasteiger partial charge in [-0.05, 0) is 23.8 Å². The molecule has 3 rings (SSSR count). The first-order valence-corrected chi connectivity index (χ1v) is 6.98. The second-order valence-corrected chi connectivity index (χ2v) is 5.37. The normalized spacial score (nSPS) is 10.8. The van der Waals surface area contributed by atoms with Crippen molar-refractivity contribution in [2.45, 2.75) is 6.54 Å². The van der Waals surface area contributed by atoms with Gasteiger partial charge in [-0.1, -0.05) is 35.9 Å². The monoisotopic (exact) mass is 298 g/mol. The number of fused-ring (bicyclic) bond motifs is 1. The molecule has 1 aromatic heterocycles. The Kier molecular flexibility index (Phi) is 3.62. The van der Waals surface area contributed by atoms with Crippen molar-refractivity contribution in [3.8, 4) is 0 Å². The summed E-state index contributed by atoms with van der Waals surface area (Å²) in [5.41, 5.74) is 7.49. The SMILES string of the molecule is CN(Cc1cc(N)ccc1Cl)c1nncc2ccccc12. The second kappa shape index (κ2) is 5.58. The third-order valence-corrected chi connectivity index (χ3v) is 3.76. The zero-order chi connectivity index (χ0) is 14.8. The van der Waals surface area contributed by atoms with Gasteiger partial charge in [-0.15, -0.1) is 5.10 Å². The van der Waals surface area contributed by atoms with Gasteiger partial charge in [-0.3, -0.25) is 0 Å². The fraction of sp³-hybridized carbons (Fsp3) is 0.125. The lowest BCUT2D eigenvalue weighted by Gasteiger charge is -2.20. The lowest BCUT2D eigenvalue weighted by Crippen LogP contribution is -2.18. The Balaban J connectivity index is 1.97. The molecule has 1 heterocycles. The van der Waals surface area contributed by atoms with Crippen LogP contribution in [-0.4, -0.2) is 17.2 Å². The molecule has 3 aromatic rings. The maximum atomic E-state index is 6.23. The standard InChI is InChI=1S/C16H15ClN4/c1-21(10-12-8-13(18)6-7-15(12)17)16-14-5-3-2-4-11(14)9-19-20-16/h2-9H,10,18H2,1H3. The molecule has 0 aliphatic rings. The molecule has 0 aliphatic heterocycles. The Hall–Kier alpha value is -2.33. The number of rotatable bonds is 3. The first-order chi connectivity index (χ1) is 10.1. The molecule has 0 saturated heterocycles. The molecular formula is C16H15ClN4. The molecule has 2 aromatic carbocycles. The minimum atomic E-state index is 0.618. The van der Waals surface area contributed by atoms with Crippen LogP contribution in [0, 0.1) is 0 Å². The van der Waals surface area contributed by atoms with E-state index in [1.807, 2.05) is 48.3 Å². The summed E-state index contributed by atoms with van der Waals surface area (Å²) in [5.74, 6) is 0.826. The summed E-state index contributed by atoms with van der Waals surface area (Å²) in [5, 5.41) is 11.1. The molecule has 0 saturated carbocycles. The molecule has 0 atom stereocenters. The summed E-state index contributed by atoms with van der Waals surface area (Å²) >= 11 is 6.23. The smallest absolute Gasteiger partial charge is 0.159 e. The van der Waals surface area contributed by atoms with Gasteiger partial charge in [0.2, 0.25) is 0 Å². The average Bonchev–Trinajstić information content (AvgIpc) is 2.50. The van der Waals surface area contributed by atoms with Crippen molar-refractivity contribution in [2.24, 2.45) is 0 Å². The van der Waals surface area contributed by atoms with Gasteiger partial charge < -0.3 is 10.6 Å². The predicted molar refractivity (Wildman–Crippen MR) is 87.5 cm³/mol. The van der Waals surface area contributed by atoms with Gasteiger partial charge in [0, 0.05) is 35.1 Å². The Morgan fingerprint density at radius 2 is 2.00 bits per heavy atom. The first kappa shape index (κ1) is 13.6. The number of benzene rings is 2. The average molecular weight is 299 g/mol. The predicted octanol–water partition coefficient (Wildman–Crippen LogP) is 3.50. The molecule has 0 radical (unpaired) electrons. The molecule has 4 nitrogen and oxygen atoms in total. The van der Waals surface area contributed by atoms with Crippen molar-refractivity contribution in [2.75, 3.05) is 17.7 Å². The third-order valence-electron chi connectivity index (χ3n) is 3.39. The van der Waals surface area contributed by atoms with Crippen LogP contribution in [0.15, 0.2) is 48.7 Å². The lowest BCUT2D eigenvalue weighted by molar-refractivity contribution is 0.876. The first-order valence-electron chi connectivity index (χ1n) is 6.60. The van der Waals surface area contributed by atoms with E-state index < -0.39 is 0 Å². The number of hydrogen-bond donors (Lipinski definition) is 1. The minimum absolute atomic E-state index is 0.618. The fourth-order valence-corrected chi connectivity index (χ4v) is 2.52. The van der Waals surface area contributed by atoms with Crippen LogP contribution >= 0.6 is 11.6 Å². The van der Waals surface area contributed by atoms with Gasteiger partial charge in [0.15, 0.2) is 5.82 Å². The quantitative estimate of drug-likeness (QED) is 0.752. The number of aromatic nitrogens is 2. The van der Waals surface area contributed by atoms with E-state index in [4.69, 9.17) is 17.3 Å². The van der Waals surface area contributed by atoms with E-state index in [1.165, 1.54) is 0 Å². The summed E-state index contributed by atoms with van der Waals surface area (Å²) in [6.07, 6.45) is 1.76. The van der Waals surface area contributed by atoms with Gasteiger partial charge in [-0.2, -0.15) is 5.10 Å². The van der Waals surface area contributed by atoms with E-state index in [-0.39, 0.29) is 0 Å². The molecule has 0 fully saturated rings. The second-order valence-electron chi connectivity index (χ2n) is 4.96. The Morgan fingerprint density at radius 3 is 2.86 bits per heavy atom. The summed E-state index contributed by atoms with van der Waals surface area (Å²) in [6.45, 7) is 0.618. The molecule has 0 amide bonds. The number of hydrogen-bond acceptors (Lipinski definition) is 4. The fourth-order valence-electron chi connectivity index (χ4n) is 2.34. The number of anilines is 2. The summed E-state index contributed by atoms with van der Waals surface area (Å²) in [6, 6.07) is 13.5. The topological polar surface area (TPSA) is 55.0 Å². The van der Waals surface area contributed by atoms with E-state index in [1.54, 1.807) is 12.3 Å². The lowest BCUT2D eigenvalue weighted by atomic mass is 10.1. The van der Waals surface area contributed by atoms with Crippen molar-refractivity contribution in [1.29, 1.82) is 0 Å². The van der Waals surface area contributed by atoms with Crippen molar-refractivity contribution in [3.63, 3.8) is 0 Å². The van der Waals surface area contributed by atoms with E-state index in [9.17, 15) is 0 Å². The summed E-state index contributed by atoms with van der Waals surface area (Å²) < 4.78 is 0. The third kappa shape index (κ3) is 2.76. The molecule has 0 bridgehead atoms. The van der Waals surface area contributed by atoms with Gasteiger partial charge in [0.25, 0.3) is 0 Å². The summed E-state index contributed by atoms with van der Waals surface area (Å²) in [4.78, 5) is 2.02. The van der Waals surface area contributed by atoms with Gasteiger partial charge in [0.1, 0.15) is 0 Å². The van der Waals surface area contributed by atoms with E-state index >= 15 is 0 Å². The van der Waals surface area contributed by atoms with Crippen LogP contribution in [0.4, 0.5) is 11.5 Å². The number of halogens is 1. The number of nitrogens with two attached hydrogens (primary N) is 1. The highest BCUT2D eigenvalue weighted by Crippen LogP contribution is 2.26. The van der Waals surface area contributed by atoms with Crippen LogP contribution in [0.5, 0.6) is 0 Å².